The third kappa shape index (κ3) is 3.10. The zero-order chi connectivity index (χ0) is 13.0. The summed E-state index contributed by atoms with van der Waals surface area (Å²) in [4.78, 5) is 11.3. The average molecular weight is 271 g/mol. The molecule has 0 radical (unpaired) electrons. The Bertz CT molecular complexity index is 464. The third-order valence-electron chi connectivity index (χ3n) is 2.46. The van der Waals surface area contributed by atoms with E-state index in [-0.39, 0.29) is 0 Å². The standard InChI is InChI=1S/C11H14NO5P/c1-15-18(14,12-10-7-8-16-11(10)13)17-9-5-3-2-4-6-9/h2-6,10H,7-8H2,1H3,(H,12,14)/t10?,18-/m0/s1. The fourth-order valence-corrected chi connectivity index (χ4v) is 2.79. The van der Waals surface area contributed by atoms with Gasteiger partial charge in [-0.15, -0.1) is 0 Å². The number of carbonyl (C=O) groups is 1. The van der Waals surface area contributed by atoms with Crippen LogP contribution in [0.15, 0.2) is 30.3 Å². The van der Waals surface area contributed by atoms with Crippen molar-refractivity contribution < 1.29 is 23.1 Å². The number of carbonyl (C=O) groups excluding carboxylic acids is 1. The van der Waals surface area contributed by atoms with Crippen molar-refractivity contribution >= 4 is 13.7 Å². The molecule has 18 heavy (non-hydrogen) atoms. The molecule has 1 unspecified atom stereocenters. The predicted molar refractivity (Wildman–Crippen MR) is 64.2 cm³/mol. The summed E-state index contributed by atoms with van der Waals surface area (Å²) in [7, 11) is -2.30. The SMILES string of the molecule is CO[P@@](=O)(NC1CCOC1=O)Oc1ccccc1. The van der Waals surface area contributed by atoms with Gasteiger partial charge in [0.25, 0.3) is 0 Å². The van der Waals surface area contributed by atoms with Gasteiger partial charge in [-0.25, -0.2) is 4.57 Å². The van der Waals surface area contributed by atoms with E-state index in [1.165, 1.54) is 7.11 Å². The molecule has 0 aromatic heterocycles. The van der Waals surface area contributed by atoms with E-state index >= 15 is 0 Å². The number of hydrogen-bond donors (Lipinski definition) is 1. The summed E-state index contributed by atoms with van der Waals surface area (Å²) < 4.78 is 27.2. The Morgan fingerprint density at radius 3 is 2.67 bits per heavy atom. The van der Waals surface area contributed by atoms with E-state index in [1.54, 1.807) is 24.3 Å². The van der Waals surface area contributed by atoms with Gasteiger partial charge >= 0.3 is 13.7 Å². The lowest BCUT2D eigenvalue weighted by atomic mass is 10.3. The first-order valence-corrected chi connectivity index (χ1v) is 7.02. The average Bonchev–Trinajstić information content (AvgIpc) is 2.76. The smallest absolute Gasteiger partial charge is 0.459 e. The monoisotopic (exact) mass is 271 g/mol. The quantitative estimate of drug-likeness (QED) is 0.649. The van der Waals surface area contributed by atoms with E-state index in [0.29, 0.717) is 18.8 Å². The van der Waals surface area contributed by atoms with Crippen LogP contribution in [0.5, 0.6) is 5.75 Å². The molecule has 2 rings (SSSR count). The van der Waals surface area contributed by atoms with Crippen LogP contribution >= 0.6 is 7.75 Å². The zero-order valence-electron chi connectivity index (χ0n) is 9.87. The van der Waals surface area contributed by atoms with E-state index < -0.39 is 19.8 Å². The molecule has 1 aliphatic rings. The minimum absolute atomic E-state index is 0.311. The molecular weight excluding hydrogens is 257 g/mol. The van der Waals surface area contributed by atoms with Crippen LogP contribution in [0.25, 0.3) is 0 Å². The minimum atomic E-state index is -3.56. The fourth-order valence-electron chi connectivity index (χ4n) is 1.54. The van der Waals surface area contributed by atoms with Crippen molar-refractivity contribution in [3.05, 3.63) is 30.3 Å². The molecule has 2 atom stereocenters. The highest BCUT2D eigenvalue weighted by Gasteiger charge is 2.36. The summed E-state index contributed by atoms with van der Waals surface area (Å²) in [5.74, 6) is -0.0366. The van der Waals surface area contributed by atoms with Gasteiger partial charge in [-0.3, -0.25) is 9.32 Å². The Morgan fingerprint density at radius 1 is 1.39 bits per heavy atom. The highest BCUT2D eigenvalue weighted by atomic mass is 31.2. The molecule has 98 valence electrons. The number of rotatable bonds is 5. The van der Waals surface area contributed by atoms with Crippen molar-refractivity contribution in [3.63, 3.8) is 0 Å². The van der Waals surface area contributed by atoms with E-state index in [9.17, 15) is 9.36 Å². The molecular formula is C11H14NO5P. The molecule has 1 aliphatic heterocycles. The van der Waals surface area contributed by atoms with Crippen LogP contribution in [-0.4, -0.2) is 25.7 Å². The Kier molecular flexibility index (Phi) is 4.01. The Labute approximate surface area is 105 Å². The molecule has 0 aliphatic carbocycles. The summed E-state index contributed by atoms with van der Waals surface area (Å²) in [6.45, 7) is 0.311. The number of ether oxygens (including phenoxy) is 1. The molecule has 1 saturated heterocycles. The van der Waals surface area contributed by atoms with Gasteiger partial charge in [0.15, 0.2) is 0 Å². The number of cyclic esters (lactones) is 1. The molecule has 1 aromatic carbocycles. The van der Waals surface area contributed by atoms with Crippen LogP contribution in [-0.2, 0) is 18.6 Å². The molecule has 1 aromatic rings. The van der Waals surface area contributed by atoms with Crippen molar-refractivity contribution in [2.75, 3.05) is 13.7 Å². The normalized spacial score (nSPS) is 22.3. The highest BCUT2D eigenvalue weighted by molar-refractivity contribution is 7.52. The topological polar surface area (TPSA) is 73.9 Å². The van der Waals surface area contributed by atoms with Gasteiger partial charge < -0.3 is 9.26 Å². The molecule has 0 amide bonds. The van der Waals surface area contributed by atoms with Gasteiger partial charge in [0.05, 0.1) is 6.61 Å². The Hall–Kier alpha value is -1.36. The molecule has 0 spiro atoms. The van der Waals surface area contributed by atoms with Crippen LogP contribution in [0, 0.1) is 0 Å². The van der Waals surface area contributed by atoms with Gasteiger partial charge in [0.2, 0.25) is 0 Å². The summed E-state index contributed by atoms with van der Waals surface area (Å²) >= 11 is 0. The van der Waals surface area contributed by atoms with E-state index in [0.717, 1.165) is 0 Å². The number of hydrogen-bond acceptors (Lipinski definition) is 5. The minimum Gasteiger partial charge on any atom is -0.464 e. The lowest BCUT2D eigenvalue weighted by molar-refractivity contribution is -0.139. The molecule has 0 bridgehead atoms. The molecule has 1 N–H and O–H groups in total. The first-order valence-electron chi connectivity index (χ1n) is 5.48. The first kappa shape index (κ1) is 13.1. The van der Waals surface area contributed by atoms with Crippen LogP contribution < -0.4 is 9.61 Å². The van der Waals surface area contributed by atoms with Gasteiger partial charge in [-0.05, 0) is 12.1 Å². The molecule has 0 saturated carbocycles. The van der Waals surface area contributed by atoms with Crippen LogP contribution in [0.1, 0.15) is 6.42 Å². The number of nitrogens with one attached hydrogen (secondary N) is 1. The fraction of sp³-hybridized carbons (Fsp3) is 0.364. The van der Waals surface area contributed by atoms with E-state index in [1.807, 2.05) is 6.07 Å². The van der Waals surface area contributed by atoms with Gasteiger partial charge in [-0.2, -0.15) is 5.09 Å². The summed E-state index contributed by atoms with van der Waals surface area (Å²) in [6.07, 6.45) is 0.449. The number of para-hydroxylation sites is 1. The van der Waals surface area contributed by atoms with Crippen molar-refractivity contribution in [1.29, 1.82) is 0 Å². The second kappa shape index (κ2) is 5.52. The lowest BCUT2D eigenvalue weighted by Gasteiger charge is -2.19. The van der Waals surface area contributed by atoms with Gasteiger partial charge in [0, 0.05) is 13.5 Å². The summed E-state index contributed by atoms with van der Waals surface area (Å²) in [5.41, 5.74) is 0. The highest BCUT2D eigenvalue weighted by Crippen LogP contribution is 2.44. The Balaban J connectivity index is 2.06. The second-order valence-electron chi connectivity index (χ2n) is 3.72. The van der Waals surface area contributed by atoms with E-state index in [4.69, 9.17) is 13.8 Å². The van der Waals surface area contributed by atoms with Crippen LogP contribution in [0.4, 0.5) is 0 Å². The van der Waals surface area contributed by atoms with Crippen LogP contribution in [0.3, 0.4) is 0 Å². The molecule has 1 heterocycles. The zero-order valence-corrected chi connectivity index (χ0v) is 10.8. The van der Waals surface area contributed by atoms with Crippen LogP contribution in [0.2, 0.25) is 0 Å². The summed E-state index contributed by atoms with van der Waals surface area (Å²) in [6, 6.07) is 7.96. The van der Waals surface area contributed by atoms with Crippen molar-refractivity contribution in [2.24, 2.45) is 0 Å². The maximum Gasteiger partial charge on any atom is 0.459 e. The van der Waals surface area contributed by atoms with Crippen molar-refractivity contribution in [2.45, 2.75) is 12.5 Å². The maximum absolute atomic E-state index is 12.3. The van der Waals surface area contributed by atoms with Gasteiger partial charge in [0.1, 0.15) is 11.8 Å². The van der Waals surface area contributed by atoms with E-state index in [2.05, 4.69) is 5.09 Å². The Morgan fingerprint density at radius 2 is 2.11 bits per heavy atom. The molecule has 7 heteroatoms. The molecule has 1 fully saturated rings. The van der Waals surface area contributed by atoms with Crippen molar-refractivity contribution in [1.82, 2.24) is 5.09 Å². The summed E-state index contributed by atoms with van der Waals surface area (Å²) in [5, 5.41) is 2.58. The van der Waals surface area contributed by atoms with Gasteiger partial charge in [-0.1, -0.05) is 18.2 Å². The maximum atomic E-state index is 12.3. The molecule has 6 nitrogen and oxygen atoms in total. The lowest BCUT2D eigenvalue weighted by Crippen LogP contribution is -2.32. The predicted octanol–water partition coefficient (Wildman–Crippen LogP) is 1.72. The number of esters is 1. The second-order valence-corrected chi connectivity index (χ2v) is 5.52. The third-order valence-corrected chi connectivity index (χ3v) is 4.02. The largest absolute Gasteiger partial charge is 0.464 e. The number of benzene rings is 1. The first-order chi connectivity index (χ1) is 8.63. The van der Waals surface area contributed by atoms with Crippen molar-refractivity contribution in [3.8, 4) is 5.75 Å².